The molecule has 0 atom stereocenters. The maximum absolute atomic E-state index is 13.9. The molecule has 0 fully saturated rings. The highest BCUT2D eigenvalue weighted by atomic mass is 79.9. The zero-order valence-electron chi connectivity index (χ0n) is 12.2. The average Bonchev–Trinajstić information content (AvgIpc) is 2.49. The first-order valence-electron chi connectivity index (χ1n) is 6.73. The van der Waals surface area contributed by atoms with Gasteiger partial charge in [0, 0.05) is 15.4 Å². The van der Waals surface area contributed by atoms with Crippen LogP contribution in [0.3, 0.4) is 0 Å². The topological polar surface area (TPSA) is 58.6 Å². The van der Waals surface area contributed by atoms with Gasteiger partial charge in [-0.05, 0) is 35.9 Å². The van der Waals surface area contributed by atoms with Crippen molar-refractivity contribution in [2.45, 2.75) is 6.42 Å². The molecule has 8 heteroatoms. The zero-order chi connectivity index (χ0) is 17.7. The van der Waals surface area contributed by atoms with Gasteiger partial charge in [-0.3, -0.25) is 0 Å². The maximum atomic E-state index is 13.9. The number of hydrogen-bond acceptors (Lipinski definition) is 3. The van der Waals surface area contributed by atoms with E-state index in [1.165, 1.54) is 6.07 Å². The molecule has 0 radical (unpaired) electrons. The highest BCUT2D eigenvalue weighted by Crippen LogP contribution is 2.29. The fourth-order valence-electron chi connectivity index (χ4n) is 1.90. The summed E-state index contributed by atoms with van der Waals surface area (Å²) in [6, 6.07) is 9.82. The number of hydrogen-bond donors (Lipinski definition) is 2. The van der Waals surface area contributed by atoms with Crippen molar-refractivity contribution in [3.8, 4) is 5.75 Å². The number of thiocarbonyl (C=S) groups is 1. The van der Waals surface area contributed by atoms with Crippen molar-refractivity contribution >= 4 is 60.7 Å². The largest absolute Gasteiger partial charge is 0.480 e. The van der Waals surface area contributed by atoms with E-state index in [2.05, 4.69) is 37.2 Å². The first kappa shape index (κ1) is 18.8. The normalized spacial score (nSPS) is 10.3. The lowest BCUT2D eigenvalue weighted by molar-refractivity contribution is -0.139. The molecule has 4 nitrogen and oxygen atoms in total. The van der Waals surface area contributed by atoms with E-state index in [4.69, 9.17) is 22.1 Å². The second-order valence-electron chi connectivity index (χ2n) is 4.78. The molecule has 0 aromatic heterocycles. The van der Waals surface area contributed by atoms with Crippen LogP contribution in [0.2, 0.25) is 0 Å². The molecular formula is C16H12Br2FNO3S. The lowest BCUT2D eigenvalue weighted by Crippen LogP contribution is -2.15. The van der Waals surface area contributed by atoms with Crippen LogP contribution in [0.4, 0.5) is 10.1 Å². The van der Waals surface area contributed by atoms with Crippen LogP contribution < -0.4 is 10.1 Å². The van der Waals surface area contributed by atoms with Gasteiger partial charge in [-0.25, -0.2) is 9.18 Å². The van der Waals surface area contributed by atoms with Crippen molar-refractivity contribution in [3.63, 3.8) is 0 Å². The summed E-state index contributed by atoms with van der Waals surface area (Å²) >= 11 is 11.8. The van der Waals surface area contributed by atoms with Crippen LogP contribution in [0.15, 0.2) is 45.3 Å². The van der Waals surface area contributed by atoms with Gasteiger partial charge in [0.1, 0.15) is 11.6 Å². The quantitative estimate of drug-likeness (QED) is 0.586. The third-order valence-corrected chi connectivity index (χ3v) is 4.17. The Hall–Kier alpha value is -1.51. The van der Waals surface area contributed by atoms with E-state index in [0.29, 0.717) is 26.5 Å². The molecule has 0 saturated carbocycles. The standard InChI is InChI=1S/C16H12Br2FNO3S/c17-10-2-1-9(12(19)6-10)5-15(24)20-13-7-11(18)3-4-14(13)23-8-16(21)22/h1-4,6-7H,5,8H2,(H,20,24)(H,21,22). The number of halogens is 3. The molecule has 0 bridgehead atoms. The van der Waals surface area contributed by atoms with Crippen LogP contribution in [0.25, 0.3) is 0 Å². The number of anilines is 1. The molecule has 2 aromatic rings. The van der Waals surface area contributed by atoms with E-state index in [-0.39, 0.29) is 12.2 Å². The van der Waals surface area contributed by atoms with E-state index in [9.17, 15) is 9.18 Å². The van der Waals surface area contributed by atoms with E-state index in [0.717, 1.165) is 4.47 Å². The predicted octanol–water partition coefficient (Wildman–Crippen LogP) is 4.80. The van der Waals surface area contributed by atoms with Gasteiger partial charge in [0.25, 0.3) is 0 Å². The summed E-state index contributed by atoms with van der Waals surface area (Å²) in [6.45, 7) is -0.468. The van der Waals surface area contributed by atoms with E-state index in [1.54, 1.807) is 30.3 Å². The van der Waals surface area contributed by atoms with Gasteiger partial charge >= 0.3 is 5.97 Å². The molecule has 0 amide bonds. The SMILES string of the molecule is O=C(O)COc1ccc(Br)cc1NC(=S)Cc1ccc(Br)cc1F. The number of carboxylic acid groups (broad SMARTS) is 1. The molecule has 0 heterocycles. The Balaban J connectivity index is 2.12. The monoisotopic (exact) mass is 475 g/mol. The summed E-state index contributed by atoms with van der Waals surface area (Å²) in [5.74, 6) is -1.09. The number of carboxylic acids is 1. The van der Waals surface area contributed by atoms with Gasteiger partial charge < -0.3 is 15.2 Å². The Morgan fingerprint density at radius 2 is 1.88 bits per heavy atom. The summed E-state index contributed by atoms with van der Waals surface area (Å²) in [4.78, 5) is 11.0. The Kier molecular flexibility index (Phi) is 6.70. The van der Waals surface area contributed by atoms with Crippen LogP contribution in [-0.2, 0) is 11.2 Å². The van der Waals surface area contributed by atoms with Gasteiger partial charge in [0.05, 0.1) is 10.7 Å². The number of benzene rings is 2. The predicted molar refractivity (Wildman–Crippen MR) is 101 cm³/mol. The Bertz CT molecular complexity index is 786. The maximum Gasteiger partial charge on any atom is 0.341 e. The molecule has 2 aromatic carbocycles. The molecule has 0 aliphatic carbocycles. The third-order valence-electron chi connectivity index (χ3n) is 2.93. The molecule has 24 heavy (non-hydrogen) atoms. The minimum Gasteiger partial charge on any atom is -0.480 e. The molecule has 2 rings (SSSR count). The Morgan fingerprint density at radius 3 is 2.54 bits per heavy atom. The smallest absolute Gasteiger partial charge is 0.341 e. The Labute approximate surface area is 160 Å². The molecule has 0 aliphatic heterocycles. The fraction of sp³-hybridized carbons (Fsp3) is 0.125. The number of ether oxygens (including phenoxy) is 1. The molecule has 2 N–H and O–H groups in total. The van der Waals surface area contributed by atoms with Crippen LogP contribution >= 0.6 is 44.1 Å². The van der Waals surface area contributed by atoms with Crippen molar-refractivity contribution in [3.05, 3.63) is 56.7 Å². The van der Waals surface area contributed by atoms with Crippen molar-refractivity contribution in [2.24, 2.45) is 0 Å². The molecule has 0 spiro atoms. The molecule has 0 aliphatic rings. The summed E-state index contributed by atoms with van der Waals surface area (Å²) < 4.78 is 20.5. The Morgan fingerprint density at radius 1 is 1.21 bits per heavy atom. The van der Waals surface area contributed by atoms with Crippen LogP contribution in [0.5, 0.6) is 5.75 Å². The second-order valence-corrected chi connectivity index (χ2v) is 7.11. The second kappa shape index (κ2) is 8.55. The first-order valence-corrected chi connectivity index (χ1v) is 8.72. The number of aliphatic carboxylic acids is 1. The van der Waals surface area contributed by atoms with Crippen molar-refractivity contribution < 1.29 is 19.0 Å². The van der Waals surface area contributed by atoms with Crippen LogP contribution in [-0.4, -0.2) is 22.7 Å². The van der Waals surface area contributed by atoms with Crippen molar-refractivity contribution in [2.75, 3.05) is 11.9 Å². The number of rotatable bonds is 6. The molecule has 0 saturated heterocycles. The van der Waals surface area contributed by atoms with E-state index >= 15 is 0 Å². The minimum absolute atomic E-state index is 0.208. The van der Waals surface area contributed by atoms with E-state index in [1.807, 2.05) is 0 Å². The van der Waals surface area contributed by atoms with Gasteiger partial charge in [0.2, 0.25) is 0 Å². The minimum atomic E-state index is -1.08. The van der Waals surface area contributed by atoms with Crippen molar-refractivity contribution in [1.29, 1.82) is 0 Å². The van der Waals surface area contributed by atoms with Gasteiger partial charge in [-0.2, -0.15) is 0 Å². The lowest BCUT2D eigenvalue weighted by atomic mass is 10.1. The van der Waals surface area contributed by atoms with E-state index < -0.39 is 12.6 Å². The summed E-state index contributed by atoms with van der Waals surface area (Å²) in [5.41, 5.74) is 0.965. The number of carbonyl (C=O) groups is 1. The molecule has 0 unspecified atom stereocenters. The summed E-state index contributed by atoms with van der Waals surface area (Å²) in [6.07, 6.45) is 0.208. The zero-order valence-corrected chi connectivity index (χ0v) is 16.2. The molecular weight excluding hydrogens is 465 g/mol. The van der Waals surface area contributed by atoms with Gasteiger partial charge in [0.15, 0.2) is 6.61 Å². The highest BCUT2D eigenvalue weighted by Gasteiger charge is 2.11. The third kappa shape index (κ3) is 5.54. The summed E-state index contributed by atoms with van der Waals surface area (Å²) in [5, 5.41) is 11.7. The summed E-state index contributed by atoms with van der Waals surface area (Å²) in [7, 11) is 0. The fourth-order valence-corrected chi connectivity index (χ4v) is 2.86. The van der Waals surface area contributed by atoms with Crippen LogP contribution in [0, 0.1) is 5.82 Å². The lowest BCUT2D eigenvalue weighted by Gasteiger charge is -2.14. The molecule has 126 valence electrons. The van der Waals surface area contributed by atoms with Gasteiger partial charge in [-0.1, -0.05) is 50.1 Å². The number of nitrogens with one attached hydrogen (secondary N) is 1. The average molecular weight is 477 g/mol. The van der Waals surface area contributed by atoms with Gasteiger partial charge in [-0.15, -0.1) is 0 Å². The van der Waals surface area contributed by atoms with Crippen LogP contribution in [0.1, 0.15) is 5.56 Å². The highest BCUT2D eigenvalue weighted by molar-refractivity contribution is 9.10. The van der Waals surface area contributed by atoms with Crippen molar-refractivity contribution in [1.82, 2.24) is 0 Å². The first-order chi connectivity index (χ1) is 11.3.